The van der Waals surface area contributed by atoms with Crippen LogP contribution in [0.2, 0.25) is 0 Å². The molecule has 1 aliphatic carbocycles. The van der Waals surface area contributed by atoms with Crippen LogP contribution in [0.4, 0.5) is 23.1 Å². The molecule has 0 bridgehead atoms. The molecule has 5 rings (SSSR count). The number of aromatic nitrogens is 2. The van der Waals surface area contributed by atoms with Gasteiger partial charge in [-0.2, -0.15) is 4.98 Å². The Kier molecular flexibility index (Phi) is 6.45. The van der Waals surface area contributed by atoms with Gasteiger partial charge < -0.3 is 35.6 Å². The quantitative estimate of drug-likeness (QED) is 0.544. The molecule has 0 spiro atoms. The van der Waals surface area contributed by atoms with Crippen LogP contribution in [0.15, 0.2) is 30.5 Å². The van der Waals surface area contributed by atoms with Crippen LogP contribution in [0.5, 0.6) is 0 Å². The lowest BCUT2D eigenvalue weighted by Gasteiger charge is -2.37. The van der Waals surface area contributed by atoms with E-state index in [0.29, 0.717) is 63.8 Å². The van der Waals surface area contributed by atoms with E-state index in [0.717, 1.165) is 24.2 Å². The van der Waals surface area contributed by atoms with Gasteiger partial charge in [0.15, 0.2) is 6.10 Å². The molecule has 1 aromatic carbocycles. The average Bonchev–Trinajstić information content (AvgIpc) is 3.69. The molecule has 11 heteroatoms. The van der Waals surface area contributed by atoms with Crippen molar-refractivity contribution in [1.82, 2.24) is 14.9 Å². The molecule has 2 aliphatic heterocycles. The molecule has 3 aliphatic rings. The van der Waals surface area contributed by atoms with Gasteiger partial charge in [-0.05, 0) is 37.1 Å². The van der Waals surface area contributed by atoms with Crippen molar-refractivity contribution in [2.45, 2.75) is 25.0 Å². The van der Waals surface area contributed by atoms with Gasteiger partial charge in [0.1, 0.15) is 5.82 Å². The monoisotopic (exact) mass is 467 g/mol. The summed E-state index contributed by atoms with van der Waals surface area (Å²) in [6.45, 7) is 4.09. The Labute approximate surface area is 197 Å². The van der Waals surface area contributed by atoms with E-state index in [1.54, 1.807) is 0 Å². The van der Waals surface area contributed by atoms with E-state index in [-0.39, 0.29) is 11.5 Å². The molecule has 0 radical (unpaired) electrons. The minimum Gasteiger partial charge on any atom is -0.378 e. The molecule has 11 nitrogen and oxygen atoms in total. The number of amides is 2. The summed E-state index contributed by atoms with van der Waals surface area (Å²) >= 11 is 0. The molecule has 1 atom stereocenters. The number of carbonyl (C=O) groups excluding carboxylic acids is 2. The molecular formula is C23H29N7O4. The normalized spacial score (nSPS) is 20.6. The minimum absolute atomic E-state index is 0.0263. The van der Waals surface area contributed by atoms with E-state index in [9.17, 15) is 9.59 Å². The van der Waals surface area contributed by atoms with E-state index in [1.807, 2.05) is 29.2 Å². The maximum Gasteiger partial charge on any atom is 0.254 e. The second kappa shape index (κ2) is 9.82. The van der Waals surface area contributed by atoms with Gasteiger partial charge in [-0.25, -0.2) is 4.98 Å². The van der Waals surface area contributed by atoms with Crippen molar-refractivity contribution in [3.63, 3.8) is 0 Å². The minimum atomic E-state index is -0.560. The van der Waals surface area contributed by atoms with E-state index in [4.69, 9.17) is 15.2 Å². The number of morpholine rings is 2. The number of hydrogen-bond donors (Lipinski definition) is 3. The van der Waals surface area contributed by atoms with Gasteiger partial charge in [-0.1, -0.05) is 0 Å². The zero-order valence-electron chi connectivity index (χ0n) is 18.9. The van der Waals surface area contributed by atoms with Crippen LogP contribution in [0.1, 0.15) is 23.2 Å². The van der Waals surface area contributed by atoms with Crippen LogP contribution in [0.25, 0.3) is 0 Å². The predicted molar refractivity (Wildman–Crippen MR) is 126 cm³/mol. The van der Waals surface area contributed by atoms with Crippen molar-refractivity contribution in [3.05, 3.63) is 36.0 Å². The molecule has 3 heterocycles. The molecule has 2 amide bonds. The standard InChI is InChI=1S/C23H29N7O4/c24-20(31)18-13-25-23(28-21(18)26-15-1-2-15)27-16-3-5-17(6-4-16)30-9-12-34-19(14-30)22(32)29-7-10-33-11-8-29/h3-6,13,15,19H,1-2,7-12,14H2,(H2,24,31)(H2,25,26,27,28). The fraction of sp³-hybridized carbons (Fsp3) is 0.478. The maximum atomic E-state index is 12.8. The molecule has 2 aromatic rings. The Balaban J connectivity index is 1.23. The van der Waals surface area contributed by atoms with Crippen LogP contribution in [0, 0.1) is 0 Å². The third kappa shape index (κ3) is 5.20. The van der Waals surface area contributed by atoms with E-state index in [2.05, 4.69) is 25.5 Å². The number of rotatable bonds is 7. The van der Waals surface area contributed by atoms with Crippen molar-refractivity contribution < 1.29 is 19.1 Å². The van der Waals surface area contributed by atoms with Crippen molar-refractivity contribution >= 4 is 35.0 Å². The molecule has 1 saturated carbocycles. The van der Waals surface area contributed by atoms with Gasteiger partial charge in [0, 0.05) is 43.2 Å². The number of nitrogens with zero attached hydrogens (tertiary/aromatic N) is 4. The highest BCUT2D eigenvalue weighted by atomic mass is 16.5. The van der Waals surface area contributed by atoms with Crippen LogP contribution < -0.4 is 21.3 Å². The first-order valence-electron chi connectivity index (χ1n) is 11.6. The van der Waals surface area contributed by atoms with Gasteiger partial charge >= 0.3 is 0 Å². The second-order valence-corrected chi connectivity index (χ2v) is 8.65. The summed E-state index contributed by atoms with van der Waals surface area (Å²) in [6.07, 6.45) is 3.06. The molecule has 2 saturated heterocycles. The van der Waals surface area contributed by atoms with Crippen LogP contribution >= 0.6 is 0 Å². The third-order valence-corrected chi connectivity index (χ3v) is 6.13. The van der Waals surface area contributed by atoms with Crippen molar-refractivity contribution in [2.75, 3.05) is 61.5 Å². The first-order chi connectivity index (χ1) is 16.6. The SMILES string of the molecule is NC(=O)c1cnc(Nc2ccc(N3CCOC(C(=O)N4CCOCC4)C3)cc2)nc1NC1CC1. The molecule has 3 fully saturated rings. The average molecular weight is 468 g/mol. The van der Waals surface area contributed by atoms with E-state index < -0.39 is 12.0 Å². The van der Waals surface area contributed by atoms with E-state index in [1.165, 1.54) is 6.20 Å². The third-order valence-electron chi connectivity index (χ3n) is 6.13. The summed E-state index contributed by atoms with van der Waals surface area (Å²) in [6, 6.07) is 8.18. The maximum absolute atomic E-state index is 12.8. The van der Waals surface area contributed by atoms with Gasteiger partial charge in [0.05, 0.1) is 31.9 Å². The smallest absolute Gasteiger partial charge is 0.254 e. The fourth-order valence-electron chi connectivity index (χ4n) is 4.06. The molecule has 180 valence electrons. The van der Waals surface area contributed by atoms with Gasteiger partial charge in [0.2, 0.25) is 5.95 Å². The van der Waals surface area contributed by atoms with Crippen LogP contribution in [-0.2, 0) is 14.3 Å². The number of hydrogen-bond acceptors (Lipinski definition) is 9. The Morgan fingerprint density at radius 2 is 1.82 bits per heavy atom. The van der Waals surface area contributed by atoms with E-state index >= 15 is 0 Å². The van der Waals surface area contributed by atoms with Gasteiger partial charge in [-0.15, -0.1) is 0 Å². The second-order valence-electron chi connectivity index (χ2n) is 8.65. The lowest BCUT2D eigenvalue weighted by molar-refractivity contribution is -0.148. The Morgan fingerprint density at radius 3 is 2.53 bits per heavy atom. The highest BCUT2D eigenvalue weighted by molar-refractivity contribution is 5.97. The highest BCUT2D eigenvalue weighted by Gasteiger charge is 2.31. The topological polar surface area (TPSA) is 135 Å². The summed E-state index contributed by atoms with van der Waals surface area (Å²) in [7, 11) is 0. The lowest BCUT2D eigenvalue weighted by atomic mass is 10.2. The number of ether oxygens (including phenoxy) is 2. The predicted octanol–water partition coefficient (Wildman–Crippen LogP) is 0.957. The number of carbonyl (C=O) groups is 2. The first-order valence-corrected chi connectivity index (χ1v) is 11.6. The van der Waals surface area contributed by atoms with Crippen LogP contribution in [0.3, 0.4) is 0 Å². The van der Waals surface area contributed by atoms with Gasteiger partial charge in [0.25, 0.3) is 11.8 Å². The number of nitrogens with two attached hydrogens (primary N) is 1. The lowest BCUT2D eigenvalue weighted by Crippen LogP contribution is -2.53. The molecule has 1 aromatic heterocycles. The zero-order chi connectivity index (χ0) is 23.5. The number of anilines is 4. The largest absolute Gasteiger partial charge is 0.378 e. The van der Waals surface area contributed by atoms with Crippen LogP contribution in [-0.4, -0.2) is 84.8 Å². The zero-order valence-corrected chi connectivity index (χ0v) is 18.9. The Bertz CT molecular complexity index is 1040. The fourth-order valence-corrected chi connectivity index (χ4v) is 4.06. The summed E-state index contributed by atoms with van der Waals surface area (Å²) < 4.78 is 11.1. The number of nitrogens with one attached hydrogen (secondary N) is 2. The Morgan fingerprint density at radius 1 is 1.06 bits per heavy atom. The molecule has 4 N–H and O–H groups in total. The summed E-state index contributed by atoms with van der Waals surface area (Å²) in [5, 5.41) is 6.41. The highest BCUT2D eigenvalue weighted by Crippen LogP contribution is 2.27. The van der Waals surface area contributed by atoms with Crippen molar-refractivity contribution in [1.29, 1.82) is 0 Å². The summed E-state index contributed by atoms with van der Waals surface area (Å²) in [5.41, 5.74) is 7.54. The molecule has 1 unspecified atom stereocenters. The van der Waals surface area contributed by atoms with Gasteiger partial charge in [-0.3, -0.25) is 9.59 Å². The number of primary amides is 1. The first kappa shape index (κ1) is 22.4. The number of benzene rings is 1. The summed E-state index contributed by atoms with van der Waals surface area (Å²) in [5.74, 6) is 0.297. The Hall–Kier alpha value is -3.44. The summed E-state index contributed by atoms with van der Waals surface area (Å²) in [4.78, 5) is 37.1. The molecule has 34 heavy (non-hydrogen) atoms. The van der Waals surface area contributed by atoms with Crippen molar-refractivity contribution in [3.8, 4) is 0 Å². The molecular weight excluding hydrogens is 438 g/mol. The van der Waals surface area contributed by atoms with Crippen molar-refractivity contribution in [2.24, 2.45) is 5.73 Å².